The zero-order chi connectivity index (χ0) is 13.8. The molecule has 0 saturated heterocycles. The Morgan fingerprint density at radius 3 is 2.85 bits per heavy atom. The highest BCUT2D eigenvalue weighted by molar-refractivity contribution is 9.10. The maximum Gasteiger partial charge on any atom is 0.227 e. The summed E-state index contributed by atoms with van der Waals surface area (Å²) in [5.74, 6) is 0.185. The van der Waals surface area contributed by atoms with Gasteiger partial charge in [0.05, 0.1) is 0 Å². The molecule has 1 fully saturated rings. The van der Waals surface area contributed by atoms with Crippen LogP contribution in [0.25, 0.3) is 0 Å². The minimum absolute atomic E-state index is 0. The molecule has 1 aromatic rings. The number of hydrogen-bond donors (Lipinski definition) is 2. The van der Waals surface area contributed by atoms with E-state index in [0.29, 0.717) is 0 Å². The summed E-state index contributed by atoms with van der Waals surface area (Å²) in [4.78, 5) is 12.3. The Bertz CT molecular complexity index is 467. The van der Waals surface area contributed by atoms with Gasteiger partial charge < -0.3 is 11.1 Å². The second-order valence-electron chi connectivity index (χ2n) is 5.27. The van der Waals surface area contributed by atoms with Crippen molar-refractivity contribution in [3.63, 3.8) is 0 Å². The lowest BCUT2D eigenvalue weighted by molar-refractivity contribution is -0.120. The number of hydrogen-bond acceptors (Lipinski definition) is 2. The summed E-state index contributed by atoms with van der Waals surface area (Å²) in [5.41, 5.74) is 8.03. The van der Waals surface area contributed by atoms with Crippen molar-refractivity contribution in [2.24, 2.45) is 11.7 Å². The summed E-state index contributed by atoms with van der Waals surface area (Å²) in [5, 5.41) is 3.06. The predicted molar refractivity (Wildman–Crippen MR) is 89.3 cm³/mol. The van der Waals surface area contributed by atoms with Gasteiger partial charge in [-0.1, -0.05) is 29.3 Å². The van der Waals surface area contributed by atoms with Gasteiger partial charge in [0.15, 0.2) is 0 Å². The lowest BCUT2D eigenvalue weighted by Crippen LogP contribution is -2.34. The van der Waals surface area contributed by atoms with Gasteiger partial charge in [0.2, 0.25) is 5.91 Å². The summed E-state index contributed by atoms with van der Waals surface area (Å²) in [6, 6.07) is 6.16. The first kappa shape index (κ1) is 17.5. The Morgan fingerprint density at radius 2 is 2.20 bits per heavy atom. The van der Waals surface area contributed by atoms with E-state index in [-0.39, 0.29) is 30.3 Å². The Morgan fingerprint density at radius 1 is 1.45 bits per heavy atom. The Hall–Kier alpha value is -0.580. The minimum atomic E-state index is 0. The molecule has 1 aliphatic rings. The van der Waals surface area contributed by atoms with E-state index in [0.717, 1.165) is 47.8 Å². The molecule has 1 saturated carbocycles. The van der Waals surface area contributed by atoms with Gasteiger partial charge in [0, 0.05) is 22.1 Å². The topological polar surface area (TPSA) is 55.1 Å². The van der Waals surface area contributed by atoms with Crippen molar-refractivity contribution in [1.29, 1.82) is 0 Å². The lowest BCUT2D eigenvalue weighted by atomic mass is 9.85. The zero-order valence-electron chi connectivity index (χ0n) is 11.7. The molecule has 0 heterocycles. The Labute approximate surface area is 135 Å². The molecular weight excluding hydrogens is 340 g/mol. The van der Waals surface area contributed by atoms with Crippen LogP contribution in [0.4, 0.5) is 5.69 Å². The van der Waals surface area contributed by atoms with Gasteiger partial charge in [-0.15, -0.1) is 12.4 Å². The molecule has 112 valence electrons. The number of rotatable bonds is 3. The van der Waals surface area contributed by atoms with Crippen LogP contribution in [-0.2, 0) is 11.2 Å². The molecule has 3 N–H and O–H groups in total. The van der Waals surface area contributed by atoms with Crippen LogP contribution in [-0.4, -0.2) is 11.9 Å². The molecule has 3 nitrogen and oxygen atoms in total. The number of benzene rings is 1. The summed E-state index contributed by atoms with van der Waals surface area (Å²) in [6.07, 6.45) is 4.77. The highest BCUT2D eigenvalue weighted by Gasteiger charge is 2.25. The molecule has 0 aliphatic heterocycles. The number of halogens is 2. The summed E-state index contributed by atoms with van der Waals surface area (Å²) in [7, 11) is 0. The average molecular weight is 362 g/mol. The first-order valence-electron chi connectivity index (χ1n) is 6.95. The van der Waals surface area contributed by atoms with Gasteiger partial charge in [0.25, 0.3) is 0 Å². The van der Waals surface area contributed by atoms with Gasteiger partial charge >= 0.3 is 0 Å². The lowest BCUT2D eigenvalue weighted by Gasteiger charge is -2.26. The Balaban J connectivity index is 0.00000200. The van der Waals surface area contributed by atoms with Crippen molar-refractivity contribution in [3.8, 4) is 0 Å². The number of nitrogens with two attached hydrogens (primary N) is 1. The number of carbonyl (C=O) groups excluding carboxylic acids is 1. The molecule has 2 atom stereocenters. The molecule has 20 heavy (non-hydrogen) atoms. The monoisotopic (exact) mass is 360 g/mol. The van der Waals surface area contributed by atoms with Crippen molar-refractivity contribution in [1.82, 2.24) is 0 Å². The number of aryl methyl sites for hydroxylation is 1. The fraction of sp³-hybridized carbons (Fsp3) is 0.533. The molecule has 5 heteroatoms. The first-order chi connectivity index (χ1) is 9.10. The highest BCUT2D eigenvalue weighted by atomic mass is 79.9. The van der Waals surface area contributed by atoms with E-state index in [4.69, 9.17) is 5.73 Å². The second kappa shape index (κ2) is 8.01. The molecular formula is C15H22BrClN2O. The quantitative estimate of drug-likeness (QED) is 0.858. The molecule has 0 radical (unpaired) electrons. The van der Waals surface area contributed by atoms with E-state index >= 15 is 0 Å². The second-order valence-corrected chi connectivity index (χ2v) is 6.18. The van der Waals surface area contributed by atoms with Crippen LogP contribution in [0.5, 0.6) is 0 Å². The maximum absolute atomic E-state index is 12.3. The minimum Gasteiger partial charge on any atom is -0.328 e. The van der Waals surface area contributed by atoms with E-state index < -0.39 is 0 Å². The van der Waals surface area contributed by atoms with Crippen LogP contribution in [0.2, 0.25) is 0 Å². The number of carbonyl (C=O) groups is 1. The normalized spacial score (nSPS) is 21.9. The average Bonchev–Trinajstić information content (AvgIpc) is 2.40. The van der Waals surface area contributed by atoms with Gasteiger partial charge in [-0.2, -0.15) is 0 Å². The number of amides is 1. The third-order valence-corrected chi connectivity index (χ3v) is 4.28. The molecule has 0 aromatic heterocycles. The molecule has 0 spiro atoms. The summed E-state index contributed by atoms with van der Waals surface area (Å²) >= 11 is 3.46. The van der Waals surface area contributed by atoms with E-state index in [1.54, 1.807) is 0 Å². The van der Waals surface area contributed by atoms with Crippen LogP contribution in [0.1, 0.15) is 38.2 Å². The van der Waals surface area contributed by atoms with Crippen molar-refractivity contribution < 1.29 is 4.79 Å². The molecule has 0 bridgehead atoms. The van der Waals surface area contributed by atoms with E-state index in [1.807, 2.05) is 12.1 Å². The van der Waals surface area contributed by atoms with E-state index in [1.165, 1.54) is 0 Å². The molecule has 1 aliphatic carbocycles. The summed E-state index contributed by atoms with van der Waals surface area (Å²) < 4.78 is 1.04. The first-order valence-corrected chi connectivity index (χ1v) is 7.74. The van der Waals surface area contributed by atoms with Gasteiger partial charge in [-0.25, -0.2) is 0 Å². The largest absolute Gasteiger partial charge is 0.328 e. The van der Waals surface area contributed by atoms with Crippen LogP contribution < -0.4 is 11.1 Å². The van der Waals surface area contributed by atoms with Crippen LogP contribution in [0.3, 0.4) is 0 Å². The van der Waals surface area contributed by atoms with Crippen LogP contribution >= 0.6 is 28.3 Å². The highest BCUT2D eigenvalue weighted by Crippen LogP contribution is 2.26. The van der Waals surface area contributed by atoms with Crippen molar-refractivity contribution >= 4 is 39.9 Å². The van der Waals surface area contributed by atoms with Crippen LogP contribution in [0, 0.1) is 5.92 Å². The van der Waals surface area contributed by atoms with Crippen molar-refractivity contribution in [3.05, 3.63) is 28.2 Å². The number of anilines is 1. The summed E-state index contributed by atoms with van der Waals surface area (Å²) in [6.45, 7) is 2.09. The molecule has 1 amide bonds. The molecule has 1 aromatic carbocycles. The van der Waals surface area contributed by atoms with Gasteiger partial charge in [-0.3, -0.25) is 4.79 Å². The third kappa shape index (κ3) is 4.47. The van der Waals surface area contributed by atoms with Gasteiger partial charge in [0.1, 0.15) is 0 Å². The third-order valence-electron chi connectivity index (χ3n) is 3.79. The van der Waals surface area contributed by atoms with Crippen molar-refractivity contribution in [2.75, 3.05) is 5.32 Å². The predicted octanol–water partition coefficient (Wildman–Crippen LogP) is 3.89. The smallest absolute Gasteiger partial charge is 0.227 e. The standard InChI is InChI=1S/C15H21BrN2O.ClH/c1-2-10-8-12(16)6-7-14(10)18-15(19)11-4-3-5-13(17)9-11;/h6-8,11,13H,2-5,9,17H2,1H3,(H,18,19);1H. The molecule has 2 unspecified atom stereocenters. The Kier molecular flexibility index (Phi) is 7.00. The fourth-order valence-electron chi connectivity index (χ4n) is 2.68. The number of nitrogens with one attached hydrogen (secondary N) is 1. The van der Waals surface area contributed by atoms with Crippen LogP contribution in [0.15, 0.2) is 22.7 Å². The van der Waals surface area contributed by atoms with E-state index in [2.05, 4.69) is 34.2 Å². The molecule has 2 rings (SSSR count). The zero-order valence-corrected chi connectivity index (χ0v) is 14.1. The fourth-order valence-corrected chi connectivity index (χ4v) is 3.09. The van der Waals surface area contributed by atoms with Crippen molar-refractivity contribution in [2.45, 2.75) is 45.1 Å². The van der Waals surface area contributed by atoms with E-state index in [9.17, 15) is 4.79 Å². The van der Waals surface area contributed by atoms with Gasteiger partial charge in [-0.05, 0) is 49.4 Å². The SMILES string of the molecule is CCc1cc(Br)ccc1NC(=O)C1CCCC(N)C1.Cl. The maximum atomic E-state index is 12.3.